The third-order valence-electron chi connectivity index (χ3n) is 3.62. The van der Waals surface area contributed by atoms with Crippen molar-refractivity contribution < 1.29 is 19.1 Å². The summed E-state index contributed by atoms with van der Waals surface area (Å²) in [6.45, 7) is -0.295. The Kier molecular flexibility index (Phi) is 5.09. The number of nitrogens with zero attached hydrogens (tertiary/aromatic N) is 1. The van der Waals surface area contributed by atoms with Crippen LogP contribution in [0.25, 0.3) is 6.08 Å². The van der Waals surface area contributed by atoms with Crippen LogP contribution in [0.4, 0.5) is 4.39 Å². The highest BCUT2D eigenvalue weighted by molar-refractivity contribution is 5.93. The number of carboxylic acids is 1. The first-order valence-electron chi connectivity index (χ1n) is 7.02. The summed E-state index contributed by atoms with van der Waals surface area (Å²) in [5.74, 6) is -1.73. The second-order valence-electron chi connectivity index (χ2n) is 5.19. The second-order valence-corrected chi connectivity index (χ2v) is 5.19. The molecule has 1 saturated carbocycles. The van der Waals surface area contributed by atoms with E-state index in [0.29, 0.717) is 5.56 Å². The Balaban J connectivity index is 2.08. The number of aliphatic carboxylic acids is 1. The van der Waals surface area contributed by atoms with Crippen LogP contribution in [0.2, 0.25) is 0 Å². The van der Waals surface area contributed by atoms with Crippen LogP contribution in [0.1, 0.15) is 31.2 Å². The molecule has 112 valence electrons. The topological polar surface area (TPSA) is 57.6 Å². The number of carbonyl (C=O) groups excluding carboxylic acids is 1. The van der Waals surface area contributed by atoms with Crippen LogP contribution in [-0.4, -0.2) is 34.5 Å². The van der Waals surface area contributed by atoms with Crippen LogP contribution in [-0.2, 0) is 9.59 Å². The first-order chi connectivity index (χ1) is 10.1. The minimum Gasteiger partial charge on any atom is -0.480 e. The van der Waals surface area contributed by atoms with Crippen LogP contribution in [0.15, 0.2) is 30.3 Å². The molecule has 0 spiro atoms. The number of hydrogen-bond acceptors (Lipinski definition) is 2. The van der Waals surface area contributed by atoms with Crippen molar-refractivity contribution in [3.05, 3.63) is 41.7 Å². The lowest BCUT2D eigenvalue weighted by Gasteiger charge is -2.26. The molecular formula is C16H18FNO3. The molecule has 1 amide bonds. The molecule has 4 nitrogen and oxygen atoms in total. The monoisotopic (exact) mass is 291 g/mol. The van der Waals surface area contributed by atoms with Gasteiger partial charge >= 0.3 is 5.97 Å². The highest BCUT2D eigenvalue weighted by atomic mass is 19.1. The summed E-state index contributed by atoms with van der Waals surface area (Å²) < 4.78 is 13.1. The molecule has 1 N–H and O–H groups in total. The van der Waals surface area contributed by atoms with Crippen molar-refractivity contribution in [2.45, 2.75) is 31.7 Å². The van der Waals surface area contributed by atoms with Crippen LogP contribution >= 0.6 is 0 Å². The molecule has 0 aliphatic heterocycles. The normalized spacial score (nSPS) is 15.5. The van der Waals surface area contributed by atoms with E-state index in [9.17, 15) is 14.0 Å². The number of benzene rings is 1. The summed E-state index contributed by atoms with van der Waals surface area (Å²) in [5.41, 5.74) is 0.574. The van der Waals surface area contributed by atoms with Gasteiger partial charge in [-0.15, -0.1) is 0 Å². The quantitative estimate of drug-likeness (QED) is 0.849. The highest BCUT2D eigenvalue weighted by Gasteiger charge is 2.26. The lowest BCUT2D eigenvalue weighted by Crippen LogP contribution is -2.41. The van der Waals surface area contributed by atoms with Gasteiger partial charge in [-0.05, 0) is 36.6 Å². The summed E-state index contributed by atoms with van der Waals surface area (Å²) in [6.07, 6.45) is 6.54. The maximum atomic E-state index is 13.1. The van der Waals surface area contributed by atoms with Gasteiger partial charge in [0.25, 0.3) is 0 Å². The lowest BCUT2D eigenvalue weighted by molar-refractivity contribution is -0.144. The van der Waals surface area contributed by atoms with E-state index < -0.39 is 5.97 Å². The van der Waals surface area contributed by atoms with Crippen LogP contribution in [0, 0.1) is 5.82 Å². The minimum atomic E-state index is -1.02. The van der Waals surface area contributed by atoms with E-state index in [1.54, 1.807) is 12.1 Å². The number of carboxylic acid groups (broad SMARTS) is 1. The van der Waals surface area contributed by atoms with E-state index in [2.05, 4.69) is 0 Å². The Hall–Kier alpha value is -2.17. The van der Waals surface area contributed by atoms with Crippen molar-refractivity contribution in [3.63, 3.8) is 0 Å². The Morgan fingerprint density at radius 3 is 2.67 bits per heavy atom. The van der Waals surface area contributed by atoms with Crippen molar-refractivity contribution in [3.8, 4) is 0 Å². The van der Waals surface area contributed by atoms with Crippen LogP contribution in [0.5, 0.6) is 0 Å². The summed E-state index contributed by atoms with van der Waals surface area (Å²) in [6, 6.07) is 5.89. The van der Waals surface area contributed by atoms with E-state index in [1.807, 2.05) is 0 Å². The summed E-state index contributed by atoms with van der Waals surface area (Å²) in [7, 11) is 0. The average molecular weight is 291 g/mol. The first kappa shape index (κ1) is 15.2. The van der Waals surface area contributed by atoms with Crippen molar-refractivity contribution in [2.75, 3.05) is 6.54 Å². The maximum Gasteiger partial charge on any atom is 0.323 e. The number of amides is 1. The van der Waals surface area contributed by atoms with E-state index in [0.717, 1.165) is 25.7 Å². The first-order valence-corrected chi connectivity index (χ1v) is 7.02. The van der Waals surface area contributed by atoms with E-state index >= 15 is 0 Å². The molecule has 0 bridgehead atoms. The van der Waals surface area contributed by atoms with Gasteiger partial charge in [-0.25, -0.2) is 4.39 Å². The molecule has 1 aliphatic carbocycles. The van der Waals surface area contributed by atoms with Gasteiger partial charge in [0.05, 0.1) is 0 Å². The number of halogens is 1. The van der Waals surface area contributed by atoms with Gasteiger partial charge in [0.1, 0.15) is 12.4 Å². The van der Waals surface area contributed by atoms with Gasteiger partial charge in [-0.3, -0.25) is 9.59 Å². The zero-order valence-electron chi connectivity index (χ0n) is 11.7. The molecule has 21 heavy (non-hydrogen) atoms. The average Bonchev–Trinajstić information content (AvgIpc) is 2.96. The predicted molar refractivity (Wildman–Crippen MR) is 77.0 cm³/mol. The third kappa shape index (κ3) is 4.41. The molecule has 1 fully saturated rings. The van der Waals surface area contributed by atoms with Crippen molar-refractivity contribution >= 4 is 18.0 Å². The molecule has 0 unspecified atom stereocenters. The van der Waals surface area contributed by atoms with Crippen LogP contribution < -0.4 is 0 Å². The minimum absolute atomic E-state index is 0.00856. The zero-order valence-corrected chi connectivity index (χ0v) is 11.7. The summed E-state index contributed by atoms with van der Waals surface area (Å²) in [4.78, 5) is 24.5. The standard InChI is InChI=1S/C16H18FNO3/c17-13-5-3-4-12(10-13)8-9-15(19)18(11-16(20)21)14-6-1-2-7-14/h3-5,8-10,14H,1-2,6-7,11H2,(H,20,21)/b9-8+. The Labute approximate surface area is 122 Å². The van der Waals surface area contributed by atoms with E-state index in [-0.39, 0.29) is 24.3 Å². The van der Waals surface area contributed by atoms with Gasteiger partial charge in [0, 0.05) is 12.1 Å². The van der Waals surface area contributed by atoms with Gasteiger partial charge in [0.2, 0.25) is 5.91 Å². The number of rotatable bonds is 5. The molecule has 0 saturated heterocycles. The predicted octanol–water partition coefficient (Wildman–Crippen LogP) is 2.69. The fraction of sp³-hybridized carbons (Fsp3) is 0.375. The molecule has 5 heteroatoms. The number of carbonyl (C=O) groups is 2. The Bertz CT molecular complexity index is 550. The lowest BCUT2D eigenvalue weighted by atomic mass is 10.1. The van der Waals surface area contributed by atoms with Gasteiger partial charge < -0.3 is 10.0 Å². The molecule has 1 aromatic carbocycles. The molecule has 0 aromatic heterocycles. The van der Waals surface area contributed by atoms with Crippen LogP contribution in [0.3, 0.4) is 0 Å². The highest BCUT2D eigenvalue weighted by Crippen LogP contribution is 2.23. The van der Waals surface area contributed by atoms with Crippen molar-refractivity contribution in [1.82, 2.24) is 4.90 Å². The molecule has 1 aromatic rings. The van der Waals surface area contributed by atoms with E-state index in [1.165, 1.54) is 29.2 Å². The van der Waals surface area contributed by atoms with Gasteiger partial charge in [0.15, 0.2) is 0 Å². The SMILES string of the molecule is O=C(O)CN(C(=O)/C=C/c1cccc(F)c1)C1CCCC1. The van der Waals surface area contributed by atoms with Crippen molar-refractivity contribution in [2.24, 2.45) is 0 Å². The third-order valence-corrected chi connectivity index (χ3v) is 3.62. The Morgan fingerprint density at radius 2 is 2.05 bits per heavy atom. The zero-order chi connectivity index (χ0) is 15.2. The largest absolute Gasteiger partial charge is 0.480 e. The molecule has 0 heterocycles. The molecule has 1 aliphatic rings. The summed E-state index contributed by atoms with van der Waals surface area (Å²) in [5, 5.41) is 8.95. The second kappa shape index (κ2) is 7.02. The summed E-state index contributed by atoms with van der Waals surface area (Å²) >= 11 is 0. The molecule has 0 atom stereocenters. The molecule has 0 radical (unpaired) electrons. The smallest absolute Gasteiger partial charge is 0.323 e. The van der Waals surface area contributed by atoms with Crippen molar-refractivity contribution in [1.29, 1.82) is 0 Å². The number of hydrogen-bond donors (Lipinski definition) is 1. The molecular weight excluding hydrogens is 273 g/mol. The van der Waals surface area contributed by atoms with E-state index in [4.69, 9.17) is 5.11 Å². The van der Waals surface area contributed by atoms with Gasteiger partial charge in [-0.1, -0.05) is 25.0 Å². The van der Waals surface area contributed by atoms with Gasteiger partial charge in [-0.2, -0.15) is 0 Å². The fourth-order valence-corrected chi connectivity index (χ4v) is 2.62. The fourth-order valence-electron chi connectivity index (χ4n) is 2.62. The maximum absolute atomic E-state index is 13.1. The Morgan fingerprint density at radius 1 is 1.33 bits per heavy atom. The molecule has 2 rings (SSSR count).